The standard InChI is InChI=1S/C22H18O2/c1-2-17-13-15-20(16-14-17)22(24,19-11-7-4-8-12-19)21(23)18-9-5-3-6-10-18/h2-16,24H,1H2. The Morgan fingerprint density at radius 1 is 0.792 bits per heavy atom. The zero-order valence-electron chi connectivity index (χ0n) is 13.2. The van der Waals surface area contributed by atoms with E-state index in [9.17, 15) is 9.90 Å². The monoisotopic (exact) mass is 314 g/mol. The average molecular weight is 314 g/mol. The van der Waals surface area contributed by atoms with E-state index >= 15 is 0 Å². The van der Waals surface area contributed by atoms with E-state index in [-0.39, 0.29) is 5.78 Å². The molecule has 0 bridgehead atoms. The van der Waals surface area contributed by atoms with Crippen LogP contribution in [0.4, 0.5) is 0 Å². The van der Waals surface area contributed by atoms with Crippen LogP contribution < -0.4 is 0 Å². The average Bonchev–Trinajstić information content (AvgIpc) is 2.68. The maximum atomic E-state index is 13.2. The van der Waals surface area contributed by atoms with E-state index in [1.54, 1.807) is 54.6 Å². The van der Waals surface area contributed by atoms with Crippen molar-refractivity contribution in [2.45, 2.75) is 5.60 Å². The summed E-state index contributed by atoms with van der Waals surface area (Å²) in [5, 5.41) is 11.5. The Balaban J connectivity index is 2.17. The number of carbonyl (C=O) groups is 1. The van der Waals surface area contributed by atoms with Gasteiger partial charge in [-0.1, -0.05) is 97.6 Å². The molecule has 0 spiro atoms. The van der Waals surface area contributed by atoms with Gasteiger partial charge in [0.25, 0.3) is 0 Å². The van der Waals surface area contributed by atoms with E-state index in [1.165, 1.54) is 0 Å². The summed E-state index contributed by atoms with van der Waals surface area (Å²) in [5.74, 6) is -0.347. The summed E-state index contributed by atoms with van der Waals surface area (Å²) in [6, 6.07) is 25.1. The summed E-state index contributed by atoms with van der Waals surface area (Å²) in [6.07, 6.45) is 1.73. The van der Waals surface area contributed by atoms with E-state index in [2.05, 4.69) is 6.58 Å². The maximum Gasteiger partial charge on any atom is 0.203 e. The molecule has 0 heterocycles. The molecule has 0 saturated heterocycles. The first-order chi connectivity index (χ1) is 11.7. The van der Waals surface area contributed by atoms with Gasteiger partial charge in [-0.2, -0.15) is 0 Å². The first-order valence-electron chi connectivity index (χ1n) is 7.77. The third-order valence-corrected chi connectivity index (χ3v) is 4.12. The maximum absolute atomic E-state index is 13.2. The molecule has 2 nitrogen and oxygen atoms in total. The molecule has 0 radical (unpaired) electrons. The van der Waals surface area contributed by atoms with E-state index < -0.39 is 5.60 Å². The van der Waals surface area contributed by atoms with Gasteiger partial charge in [0.05, 0.1) is 0 Å². The number of rotatable bonds is 5. The molecule has 3 aromatic rings. The number of ketones is 1. The van der Waals surface area contributed by atoms with Gasteiger partial charge in [-0.05, 0) is 16.7 Å². The molecule has 1 N–H and O–H groups in total. The lowest BCUT2D eigenvalue weighted by atomic mass is 9.80. The van der Waals surface area contributed by atoms with Crippen molar-refractivity contribution in [1.29, 1.82) is 0 Å². The fourth-order valence-corrected chi connectivity index (χ4v) is 2.77. The van der Waals surface area contributed by atoms with Crippen molar-refractivity contribution >= 4 is 11.9 Å². The number of hydrogen-bond acceptors (Lipinski definition) is 2. The van der Waals surface area contributed by atoms with Gasteiger partial charge in [0, 0.05) is 5.56 Å². The Morgan fingerprint density at radius 3 is 1.83 bits per heavy atom. The molecule has 0 aliphatic rings. The third kappa shape index (κ3) is 2.80. The molecule has 0 amide bonds. The highest BCUT2D eigenvalue weighted by Crippen LogP contribution is 2.33. The number of aliphatic hydroxyl groups is 1. The molecule has 0 fully saturated rings. The molecular weight excluding hydrogens is 296 g/mol. The molecule has 1 atom stereocenters. The van der Waals surface area contributed by atoms with Crippen molar-refractivity contribution in [1.82, 2.24) is 0 Å². The van der Waals surface area contributed by atoms with E-state index in [0.29, 0.717) is 16.7 Å². The number of carbonyl (C=O) groups excluding carboxylic acids is 1. The molecular formula is C22H18O2. The Kier molecular flexibility index (Phi) is 4.41. The molecule has 2 heteroatoms. The van der Waals surface area contributed by atoms with Gasteiger partial charge >= 0.3 is 0 Å². The lowest BCUT2D eigenvalue weighted by Gasteiger charge is -2.28. The molecule has 24 heavy (non-hydrogen) atoms. The van der Waals surface area contributed by atoms with Gasteiger partial charge in [0.2, 0.25) is 5.78 Å². The number of benzene rings is 3. The minimum Gasteiger partial charge on any atom is -0.373 e. The molecule has 3 aromatic carbocycles. The van der Waals surface area contributed by atoms with E-state index in [1.807, 2.05) is 36.4 Å². The van der Waals surface area contributed by atoms with Crippen molar-refractivity contribution < 1.29 is 9.90 Å². The normalized spacial score (nSPS) is 13.0. The minimum absolute atomic E-state index is 0.347. The van der Waals surface area contributed by atoms with Crippen LogP contribution in [0.2, 0.25) is 0 Å². The topological polar surface area (TPSA) is 37.3 Å². The van der Waals surface area contributed by atoms with Crippen LogP contribution in [0.5, 0.6) is 0 Å². The highest BCUT2D eigenvalue weighted by atomic mass is 16.3. The molecule has 118 valence electrons. The molecule has 1 unspecified atom stereocenters. The van der Waals surface area contributed by atoms with Crippen LogP contribution in [-0.2, 0) is 5.60 Å². The van der Waals surface area contributed by atoms with Gasteiger partial charge in [-0.25, -0.2) is 0 Å². The summed E-state index contributed by atoms with van der Waals surface area (Å²) in [7, 11) is 0. The first-order valence-corrected chi connectivity index (χ1v) is 7.77. The summed E-state index contributed by atoms with van der Waals surface area (Å²) < 4.78 is 0. The lowest BCUT2D eigenvalue weighted by molar-refractivity contribution is 0.0488. The third-order valence-electron chi connectivity index (χ3n) is 4.12. The second-order valence-electron chi connectivity index (χ2n) is 5.60. The van der Waals surface area contributed by atoms with Crippen molar-refractivity contribution in [2.75, 3.05) is 0 Å². The summed E-state index contributed by atoms with van der Waals surface area (Å²) in [6.45, 7) is 3.73. The first kappa shape index (κ1) is 15.9. The van der Waals surface area contributed by atoms with Crippen molar-refractivity contribution in [2.24, 2.45) is 0 Å². The second kappa shape index (κ2) is 6.65. The van der Waals surface area contributed by atoms with Crippen LogP contribution in [-0.4, -0.2) is 10.9 Å². The van der Waals surface area contributed by atoms with Crippen LogP contribution in [0.25, 0.3) is 6.08 Å². The molecule has 0 aromatic heterocycles. The number of Topliss-reactive ketones (excluding diaryl/α,β-unsaturated/α-hetero) is 1. The molecule has 0 aliphatic carbocycles. The highest BCUT2D eigenvalue weighted by molar-refractivity contribution is 6.05. The van der Waals surface area contributed by atoms with Crippen molar-refractivity contribution in [3.8, 4) is 0 Å². The summed E-state index contributed by atoms with van der Waals surface area (Å²) in [5.41, 5.74) is 0.749. The molecule has 3 rings (SSSR count). The van der Waals surface area contributed by atoms with Gasteiger partial charge in [-0.15, -0.1) is 0 Å². The van der Waals surface area contributed by atoms with Crippen LogP contribution in [0, 0.1) is 0 Å². The van der Waals surface area contributed by atoms with Gasteiger partial charge in [0.15, 0.2) is 5.60 Å². The van der Waals surface area contributed by atoms with Crippen LogP contribution in [0.3, 0.4) is 0 Å². The number of hydrogen-bond donors (Lipinski definition) is 1. The van der Waals surface area contributed by atoms with Gasteiger partial charge in [-0.3, -0.25) is 4.79 Å². The predicted octanol–water partition coefficient (Wildman–Crippen LogP) is 4.45. The smallest absolute Gasteiger partial charge is 0.203 e. The zero-order chi connectivity index (χ0) is 17.0. The van der Waals surface area contributed by atoms with Crippen molar-refractivity contribution in [3.05, 3.63) is 114 Å². The van der Waals surface area contributed by atoms with Crippen LogP contribution in [0.1, 0.15) is 27.0 Å². The zero-order valence-corrected chi connectivity index (χ0v) is 13.2. The Morgan fingerprint density at radius 2 is 1.29 bits per heavy atom. The molecule has 0 saturated carbocycles. The highest BCUT2D eigenvalue weighted by Gasteiger charge is 2.40. The predicted molar refractivity (Wildman–Crippen MR) is 96.7 cm³/mol. The van der Waals surface area contributed by atoms with Gasteiger partial charge < -0.3 is 5.11 Å². The Hall–Kier alpha value is -2.97. The Bertz CT molecular complexity index is 836. The van der Waals surface area contributed by atoms with Crippen LogP contribution >= 0.6 is 0 Å². The lowest BCUT2D eigenvalue weighted by Crippen LogP contribution is -2.37. The summed E-state index contributed by atoms with van der Waals surface area (Å²) in [4.78, 5) is 13.2. The minimum atomic E-state index is -1.73. The van der Waals surface area contributed by atoms with E-state index in [0.717, 1.165) is 5.56 Å². The Labute approximate surface area is 141 Å². The summed E-state index contributed by atoms with van der Waals surface area (Å²) >= 11 is 0. The second-order valence-corrected chi connectivity index (χ2v) is 5.60. The molecule has 0 aliphatic heterocycles. The van der Waals surface area contributed by atoms with Gasteiger partial charge in [0.1, 0.15) is 0 Å². The van der Waals surface area contributed by atoms with Crippen molar-refractivity contribution in [3.63, 3.8) is 0 Å². The quantitative estimate of drug-likeness (QED) is 0.707. The fraction of sp³-hybridized carbons (Fsp3) is 0.0455. The largest absolute Gasteiger partial charge is 0.373 e. The SMILES string of the molecule is C=Cc1ccc(C(O)(C(=O)c2ccccc2)c2ccccc2)cc1. The van der Waals surface area contributed by atoms with Crippen LogP contribution in [0.15, 0.2) is 91.5 Å². The van der Waals surface area contributed by atoms with E-state index in [4.69, 9.17) is 0 Å². The fourth-order valence-electron chi connectivity index (χ4n) is 2.77.